The minimum Gasteiger partial charge on any atom is -0.306 e. The van der Waals surface area contributed by atoms with Gasteiger partial charge in [-0.1, -0.05) is 6.92 Å². The summed E-state index contributed by atoms with van der Waals surface area (Å²) in [6, 6.07) is 2.01. The van der Waals surface area contributed by atoms with E-state index in [2.05, 4.69) is 15.4 Å². The molecule has 0 fully saturated rings. The molecule has 0 unspecified atom stereocenters. The lowest BCUT2D eigenvalue weighted by Gasteiger charge is -2.11. The maximum Gasteiger partial charge on any atom is 0.268 e. The summed E-state index contributed by atoms with van der Waals surface area (Å²) in [5, 5.41) is 7.06. The largest absolute Gasteiger partial charge is 0.306 e. The van der Waals surface area contributed by atoms with Crippen LogP contribution in [0, 0.1) is 0 Å². The molecule has 0 aliphatic heterocycles. The van der Waals surface area contributed by atoms with Gasteiger partial charge in [-0.3, -0.25) is 4.79 Å². The summed E-state index contributed by atoms with van der Waals surface area (Å²) < 4.78 is 1.78. The van der Waals surface area contributed by atoms with Crippen LogP contribution >= 0.6 is 11.3 Å². The average Bonchev–Trinajstić information content (AvgIpc) is 2.96. The van der Waals surface area contributed by atoms with Crippen molar-refractivity contribution in [1.82, 2.24) is 14.8 Å². The third-order valence-corrected chi connectivity index (χ3v) is 3.45. The van der Waals surface area contributed by atoms with Crippen LogP contribution in [0.3, 0.4) is 0 Å². The molecule has 0 saturated carbocycles. The predicted octanol–water partition coefficient (Wildman–Crippen LogP) is 2.74. The van der Waals surface area contributed by atoms with Gasteiger partial charge in [0, 0.05) is 12.1 Å². The zero-order valence-corrected chi connectivity index (χ0v) is 11.5. The molecule has 0 aromatic carbocycles. The Morgan fingerprint density at radius 3 is 3.00 bits per heavy atom. The molecular formula is C12H16N4OS. The Morgan fingerprint density at radius 1 is 1.56 bits per heavy atom. The molecule has 0 atom stereocenters. The van der Waals surface area contributed by atoms with Crippen LogP contribution in [0.1, 0.15) is 42.2 Å². The molecule has 0 aliphatic rings. The number of nitrogens with one attached hydrogen (secondary N) is 1. The normalized spacial score (nSPS) is 10.9. The molecule has 0 aliphatic carbocycles. The Bertz CT molecular complexity index is 544. The third-order valence-electron chi connectivity index (χ3n) is 2.58. The molecule has 5 nitrogen and oxygen atoms in total. The van der Waals surface area contributed by atoms with Gasteiger partial charge in [0.2, 0.25) is 0 Å². The van der Waals surface area contributed by atoms with Crippen LogP contribution in [-0.2, 0) is 6.42 Å². The van der Waals surface area contributed by atoms with Gasteiger partial charge in [0.1, 0.15) is 10.7 Å². The number of aromatic nitrogens is 3. The van der Waals surface area contributed by atoms with E-state index in [1.807, 2.05) is 20.8 Å². The summed E-state index contributed by atoms with van der Waals surface area (Å²) in [7, 11) is 0. The maximum absolute atomic E-state index is 12.1. The van der Waals surface area contributed by atoms with Gasteiger partial charge in [0.15, 0.2) is 0 Å². The Hall–Kier alpha value is -1.69. The fourth-order valence-electron chi connectivity index (χ4n) is 1.70. The SMILES string of the molecule is CCc1ncsc1C(=O)Nc1ccnn1C(C)C. The van der Waals surface area contributed by atoms with E-state index < -0.39 is 0 Å². The van der Waals surface area contributed by atoms with Crippen LogP contribution in [0.2, 0.25) is 0 Å². The summed E-state index contributed by atoms with van der Waals surface area (Å²) in [5.74, 6) is 0.599. The first kappa shape index (κ1) is 12.8. The number of rotatable bonds is 4. The van der Waals surface area contributed by atoms with Crippen molar-refractivity contribution >= 4 is 23.1 Å². The zero-order valence-electron chi connectivity index (χ0n) is 10.7. The van der Waals surface area contributed by atoms with E-state index in [-0.39, 0.29) is 11.9 Å². The topological polar surface area (TPSA) is 59.8 Å². The number of carbonyl (C=O) groups excluding carboxylic acids is 1. The van der Waals surface area contributed by atoms with Crippen LogP contribution in [-0.4, -0.2) is 20.7 Å². The van der Waals surface area contributed by atoms with Crippen LogP contribution < -0.4 is 5.32 Å². The monoisotopic (exact) mass is 264 g/mol. The molecule has 2 heterocycles. The lowest BCUT2D eigenvalue weighted by atomic mass is 10.3. The van der Waals surface area contributed by atoms with E-state index in [9.17, 15) is 4.79 Å². The van der Waals surface area contributed by atoms with Crippen LogP contribution in [0.4, 0.5) is 5.82 Å². The second-order valence-electron chi connectivity index (χ2n) is 4.19. The minimum atomic E-state index is -0.114. The van der Waals surface area contributed by atoms with Gasteiger partial charge in [0.25, 0.3) is 5.91 Å². The number of anilines is 1. The molecule has 18 heavy (non-hydrogen) atoms. The number of aryl methyl sites for hydroxylation is 1. The van der Waals surface area contributed by atoms with Crippen molar-refractivity contribution in [2.24, 2.45) is 0 Å². The van der Waals surface area contributed by atoms with Crippen LogP contribution in [0.5, 0.6) is 0 Å². The van der Waals surface area contributed by atoms with Crippen LogP contribution in [0.25, 0.3) is 0 Å². The van der Waals surface area contributed by atoms with E-state index in [1.54, 1.807) is 22.5 Å². The van der Waals surface area contributed by atoms with Gasteiger partial charge < -0.3 is 5.32 Å². The summed E-state index contributed by atoms with van der Waals surface area (Å²) in [5.41, 5.74) is 2.54. The predicted molar refractivity (Wildman–Crippen MR) is 72.1 cm³/mol. The molecule has 2 rings (SSSR count). The summed E-state index contributed by atoms with van der Waals surface area (Å²) in [6.07, 6.45) is 2.44. The lowest BCUT2D eigenvalue weighted by molar-refractivity contribution is 0.102. The van der Waals surface area contributed by atoms with Crippen molar-refractivity contribution < 1.29 is 4.79 Å². The number of nitrogens with zero attached hydrogens (tertiary/aromatic N) is 3. The first-order valence-corrected chi connectivity index (χ1v) is 6.78. The molecule has 0 spiro atoms. The van der Waals surface area contributed by atoms with E-state index in [1.165, 1.54) is 11.3 Å². The van der Waals surface area contributed by atoms with Gasteiger partial charge in [-0.05, 0) is 20.3 Å². The van der Waals surface area contributed by atoms with Crippen molar-refractivity contribution in [2.45, 2.75) is 33.2 Å². The number of hydrogen-bond acceptors (Lipinski definition) is 4. The summed E-state index contributed by atoms with van der Waals surface area (Å²) in [4.78, 5) is 17.0. The molecule has 0 radical (unpaired) electrons. The molecule has 0 saturated heterocycles. The highest BCUT2D eigenvalue weighted by molar-refractivity contribution is 7.12. The molecule has 96 valence electrons. The molecule has 0 bridgehead atoms. The number of thiazole rings is 1. The Labute approximate surface area is 110 Å². The standard InChI is InChI=1S/C12H16N4OS/c1-4-9-11(18-7-13-9)12(17)15-10-5-6-14-16(10)8(2)3/h5-8H,4H2,1-3H3,(H,15,17). The quantitative estimate of drug-likeness (QED) is 0.923. The Morgan fingerprint density at radius 2 is 2.33 bits per heavy atom. The van der Waals surface area contributed by atoms with Gasteiger partial charge in [-0.15, -0.1) is 11.3 Å². The summed E-state index contributed by atoms with van der Waals surface area (Å²) >= 11 is 1.37. The first-order chi connectivity index (χ1) is 8.63. The second kappa shape index (κ2) is 5.30. The highest BCUT2D eigenvalue weighted by atomic mass is 32.1. The Kier molecular flexibility index (Phi) is 3.76. The lowest BCUT2D eigenvalue weighted by Crippen LogP contribution is -2.16. The van der Waals surface area contributed by atoms with E-state index in [0.29, 0.717) is 10.7 Å². The molecule has 1 amide bonds. The highest BCUT2D eigenvalue weighted by Crippen LogP contribution is 2.18. The maximum atomic E-state index is 12.1. The Balaban J connectivity index is 2.19. The van der Waals surface area contributed by atoms with E-state index in [0.717, 1.165) is 12.1 Å². The van der Waals surface area contributed by atoms with Crippen molar-refractivity contribution in [3.63, 3.8) is 0 Å². The smallest absolute Gasteiger partial charge is 0.268 e. The van der Waals surface area contributed by atoms with Gasteiger partial charge in [-0.25, -0.2) is 9.67 Å². The average molecular weight is 264 g/mol. The van der Waals surface area contributed by atoms with Crippen molar-refractivity contribution in [2.75, 3.05) is 5.32 Å². The second-order valence-corrected chi connectivity index (χ2v) is 5.05. The van der Waals surface area contributed by atoms with Crippen molar-refractivity contribution in [1.29, 1.82) is 0 Å². The molecular weight excluding hydrogens is 248 g/mol. The number of carbonyl (C=O) groups is 1. The fourth-order valence-corrected chi connectivity index (χ4v) is 2.48. The fraction of sp³-hybridized carbons (Fsp3) is 0.417. The zero-order chi connectivity index (χ0) is 13.1. The minimum absolute atomic E-state index is 0.114. The van der Waals surface area contributed by atoms with E-state index >= 15 is 0 Å². The molecule has 1 N–H and O–H groups in total. The van der Waals surface area contributed by atoms with Gasteiger partial charge in [0.05, 0.1) is 17.4 Å². The summed E-state index contributed by atoms with van der Waals surface area (Å²) in [6.45, 7) is 6.03. The third kappa shape index (κ3) is 2.43. The van der Waals surface area contributed by atoms with Crippen LogP contribution in [0.15, 0.2) is 17.8 Å². The van der Waals surface area contributed by atoms with Gasteiger partial charge >= 0.3 is 0 Å². The van der Waals surface area contributed by atoms with Crippen molar-refractivity contribution in [3.05, 3.63) is 28.3 Å². The van der Waals surface area contributed by atoms with Crippen molar-refractivity contribution in [3.8, 4) is 0 Å². The van der Waals surface area contributed by atoms with E-state index in [4.69, 9.17) is 0 Å². The number of hydrogen-bond donors (Lipinski definition) is 1. The molecule has 2 aromatic heterocycles. The molecule has 6 heteroatoms. The highest BCUT2D eigenvalue weighted by Gasteiger charge is 2.15. The van der Waals surface area contributed by atoms with Gasteiger partial charge in [-0.2, -0.15) is 5.10 Å². The molecule has 2 aromatic rings. The number of amides is 1. The first-order valence-electron chi connectivity index (χ1n) is 5.90.